The van der Waals surface area contributed by atoms with Gasteiger partial charge in [-0.25, -0.2) is 5.01 Å². The summed E-state index contributed by atoms with van der Waals surface area (Å²) in [5.41, 5.74) is 0.572. The molecule has 0 aromatic heterocycles. The van der Waals surface area contributed by atoms with E-state index in [1.165, 1.54) is 5.01 Å². The van der Waals surface area contributed by atoms with Crippen LogP contribution >= 0.6 is 11.8 Å². The number of fused-ring (bicyclic) bond motifs is 1. The van der Waals surface area contributed by atoms with E-state index in [-0.39, 0.29) is 41.0 Å². The number of β-lactam (4-membered cyclic amide) rings is 1. The minimum absolute atomic E-state index is 0.0584. The molecule has 1 aromatic carbocycles. The lowest BCUT2D eigenvalue weighted by atomic mass is 9.99. The second-order valence-electron chi connectivity index (χ2n) is 5.73. The fourth-order valence-corrected chi connectivity index (χ4v) is 3.59. The molecular weight excluding hydrogens is 342 g/mol. The van der Waals surface area contributed by atoms with E-state index < -0.39 is 11.8 Å². The lowest BCUT2D eigenvalue weighted by molar-refractivity contribution is -0.164. The molecule has 0 radical (unpaired) electrons. The van der Waals surface area contributed by atoms with Crippen LogP contribution in [0.3, 0.4) is 0 Å². The Bertz CT molecular complexity index is 766. The zero-order valence-electron chi connectivity index (χ0n) is 13.3. The number of nitriles is 1. The van der Waals surface area contributed by atoms with E-state index in [1.54, 1.807) is 24.3 Å². The third kappa shape index (κ3) is 3.15. The molecule has 3 amide bonds. The first-order valence-corrected chi connectivity index (χ1v) is 8.85. The second-order valence-corrected chi connectivity index (χ2v) is 6.88. The molecule has 3 rings (SSSR count). The summed E-state index contributed by atoms with van der Waals surface area (Å²) < 4.78 is 0. The normalized spacial score (nSPS) is 18.8. The van der Waals surface area contributed by atoms with E-state index in [0.717, 1.165) is 16.8 Å². The molecule has 1 saturated heterocycles. The van der Waals surface area contributed by atoms with E-state index in [2.05, 4.69) is 0 Å². The first kappa shape index (κ1) is 17.2. The number of carbonyl (C=O) groups is 4. The summed E-state index contributed by atoms with van der Waals surface area (Å²) in [5, 5.41) is 10.5. The minimum Gasteiger partial charge on any atom is -0.287 e. The van der Waals surface area contributed by atoms with Crippen LogP contribution in [0.2, 0.25) is 0 Å². The van der Waals surface area contributed by atoms with Crippen molar-refractivity contribution in [2.75, 3.05) is 5.75 Å². The van der Waals surface area contributed by atoms with Gasteiger partial charge < -0.3 is 0 Å². The molecule has 0 spiro atoms. The van der Waals surface area contributed by atoms with E-state index in [0.29, 0.717) is 18.6 Å². The lowest BCUT2D eigenvalue weighted by Crippen LogP contribution is -2.62. The molecule has 128 valence electrons. The average Bonchev–Trinajstić information content (AvgIpc) is 2.84. The maximum atomic E-state index is 12.5. The van der Waals surface area contributed by atoms with Crippen molar-refractivity contribution in [3.63, 3.8) is 0 Å². The van der Waals surface area contributed by atoms with E-state index in [4.69, 9.17) is 5.26 Å². The van der Waals surface area contributed by atoms with Gasteiger partial charge >= 0.3 is 0 Å². The highest BCUT2D eigenvalue weighted by atomic mass is 32.2. The lowest BCUT2D eigenvalue weighted by Gasteiger charge is -2.44. The maximum Gasteiger partial charge on any atom is 0.280 e. The van der Waals surface area contributed by atoms with Gasteiger partial charge in [0.15, 0.2) is 5.12 Å². The summed E-state index contributed by atoms with van der Waals surface area (Å²) in [4.78, 5) is 48.7. The molecule has 1 atom stereocenters. The number of rotatable bonds is 6. The van der Waals surface area contributed by atoms with Crippen LogP contribution in [-0.2, 0) is 9.59 Å². The van der Waals surface area contributed by atoms with Gasteiger partial charge in [-0.15, -0.1) is 0 Å². The quantitative estimate of drug-likeness (QED) is 0.437. The fraction of sp³-hybridized carbons (Fsp3) is 0.353. The fourth-order valence-electron chi connectivity index (χ4n) is 2.91. The number of imide groups is 1. The van der Waals surface area contributed by atoms with Crippen LogP contribution in [0.5, 0.6) is 0 Å². The summed E-state index contributed by atoms with van der Waals surface area (Å²) in [6.07, 6.45) is 1.13. The largest absolute Gasteiger partial charge is 0.287 e. The second kappa shape index (κ2) is 7.07. The van der Waals surface area contributed by atoms with Crippen LogP contribution in [0.4, 0.5) is 0 Å². The van der Waals surface area contributed by atoms with Crippen molar-refractivity contribution in [3.8, 4) is 6.07 Å². The van der Waals surface area contributed by atoms with Crippen molar-refractivity contribution in [2.24, 2.45) is 0 Å². The number of hydrazine groups is 1. The van der Waals surface area contributed by atoms with Crippen LogP contribution in [-0.4, -0.2) is 44.6 Å². The zero-order valence-corrected chi connectivity index (χ0v) is 14.1. The van der Waals surface area contributed by atoms with Crippen LogP contribution < -0.4 is 0 Å². The Labute approximate surface area is 148 Å². The third-order valence-electron chi connectivity index (χ3n) is 4.16. The van der Waals surface area contributed by atoms with Crippen molar-refractivity contribution >= 4 is 34.6 Å². The minimum atomic E-state index is -0.506. The molecule has 1 fully saturated rings. The first-order valence-electron chi connectivity index (χ1n) is 7.87. The molecule has 0 bridgehead atoms. The van der Waals surface area contributed by atoms with Crippen LogP contribution in [0.1, 0.15) is 46.4 Å². The number of carbonyl (C=O) groups excluding carboxylic acids is 4. The molecule has 2 aliphatic heterocycles. The van der Waals surface area contributed by atoms with Crippen LogP contribution in [0, 0.1) is 11.3 Å². The highest BCUT2D eigenvalue weighted by Gasteiger charge is 2.48. The number of hydrogen-bond donors (Lipinski definition) is 0. The predicted molar refractivity (Wildman–Crippen MR) is 89.1 cm³/mol. The van der Waals surface area contributed by atoms with Crippen molar-refractivity contribution < 1.29 is 19.2 Å². The standard InChI is InChI=1S/C17H15N3O4S/c18-8-3-9-25-15(22)7-6-11-10-14(21)19(11)20-16(23)12-4-1-2-5-13(12)17(20)24/h1-2,4-5,11H,3,6-7,9-10H2/t11-/m1/s1. The summed E-state index contributed by atoms with van der Waals surface area (Å²) in [7, 11) is 0. The Kier molecular flexibility index (Phi) is 4.86. The maximum absolute atomic E-state index is 12.5. The Morgan fingerprint density at radius 1 is 1.20 bits per heavy atom. The van der Waals surface area contributed by atoms with Crippen molar-refractivity contribution in [1.82, 2.24) is 10.0 Å². The Morgan fingerprint density at radius 2 is 1.84 bits per heavy atom. The van der Waals surface area contributed by atoms with Gasteiger partial charge in [0.05, 0.1) is 29.7 Å². The Hall–Kier alpha value is -2.66. The Morgan fingerprint density at radius 3 is 2.40 bits per heavy atom. The summed E-state index contributed by atoms with van der Waals surface area (Å²) in [5.74, 6) is -0.869. The molecule has 0 aliphatic carbocycles. The molecule has 7 nitrogen and oxygen atoms in total. The first-order chi connectivity index (χ1) is 12.0. The van der Waals surface area contributed by atoms with Gasteiger partial charge in [0.25, 0.3) is 11.8 Å². The summed E-state index contributed by atoms with van der Waals surface area (Å²) >= 11 is 1.09. The highest BCUT2D eigenvalue weighted by molar-refractivity contribution is 8.13. The van der Waals surface area contributed by atoms with Crippen molar-refractivity contribution in [1.29, 1.82) is 5.26 Å². The molecule has 2 aliphatic rings. The number of hydrogen-bond acceptors (Lipinski definition) is 6. The van der Waals surface area contributed by atoms with Crippen LogP contribution in [0.25, 0.3) is 0 Å². The topological polar surface area (TPSA) is 98.5 Å². The van der Waals surface area contributed by atoms with Gasteiger partial charge in [-0.1, -0.05) is 23.9 Å². The number of amides is 3. The number of thioether (sulfide) groups is 1. The van der Waals surface area contributed by atoms with Gasteiger partial charge in [-0.3, -0.25) is 19.2 Å². The monoisotopic (exact) mass is 357 g/mol. The smallest absolute Gasteiger partial charge is 0.280 e. The molecule has 2 heterocycles. The Balaban J connectivity index is 1.64. The summed E-state index contributed by atoms with van der Waals surface area (Å²) in [6.45, 7) is 0. The number of nitrogens with zero attached hydrogens (tertiary/aromatic N) is 3. The van der Waals surface area contributed by atoms with Gasteiger partial charge in [0.2, 0.25) is 5.91 Å². The molecule has 1 aromatic rings. The van der Waals surface area contributed by atoms with Gasteiger partial charge in [0.1, 0.15) is 0 Å². The predicted octanol–water partition coefficient (Wildman–Crippen LogP) is 1.75. The molecule has 0 N–H and O–H groups in total. The summed E-state index contributed by atoms with van der Waals surface area (Å²) in [6, 6.07) is 8.09. The van der Waals surface area contributed by atoms with Crippen molar-refractivity contribution in [2.45, 2.75) is 31.7 Å². The number of benzene rings is 1. The average molecular weight is 357 g/mol. The highest BCUT2D eigenvalue weighted by Crippen LogP contribution is 2.32. The van der Waals surface area contributed by atoms with E-state index in [1.807, 2.05) is 6.07 Å². The SMILES string of the molecule is N#CCCSC(=O)CC[C@@H]1CC(=O)N1N1C(=O)c2ccccc2C1=O. The molecular formula is C17H15N3O4S. The van der Waals surface area contributed by atoms with Crippen molar-refractivity contribution in [3.05, 3.63) is 35.4 Å². The van der Waals surface area contributed by atoms with Gasteiger partial charge in [-0.2, -0.15) is 10.3 Å². The van der Waals surface area contributed by atoms with E-state index in [9.17, 15) is 19.2 Å². The molecule has 8 heteroatoms. The zero-order chi connectivity index (χ0) is 18.0. The van der Waals surface area contributed by atoms with Crippen LogP contribution in [0.15, 0.2) is 24.3 Å². The van der Waals surface area contributed by atoms with Gasteiger partial charge in [-0.05, 0) is 18.6 Å². The molecule has 0 saturated carbocycles. The van der Waals surface area contributed by atoms with E-state index >= 15 is 0 Å². The molecule has 0 unspecified atom stereocenters. The molecule has 25 heavy (non-hydrogen) atoms. The third-order valence-corrected chi connectivity index (χ3v) is 5.09. The van der Waals surface area contributed by atoms with Gasteiger partial charge in [0, 0.05) is 18.6 Å².